The van der Waals surface area contributed by atoms with E-state index in [0.717, 1.165) is 19.6 Å². The molecular formula is C8H22N3+. The highest BCUT2D eigenvalue weighted by Gasteiger charge is 2.15. The molecule has 0 saturated carbocycles. The number of rotatable bonds is 5. The maximum atomic E-state index is 5.50. The Kier molecular flexibility index (Phi) is 5.46. The molecule has 2 atom stereocenters. The molecule has 0 fully saturated rings. The fraction of sp³-hybridized carbons (Fsp3) is 1.00. The van der Waals surface area contributed by atoms with E-state index in [0.29, 0.717) is 6.17 Å². The van der Waals surface area contributed by atoms with Gasteiger partial charge in [0.25, 0.3) is 0 Å². The molecule has 68 valence electrons. The Morgan fingerprint density at radius 1 is 1.45 bits per heavy atom. The van der Waals surface area contributed by atoms with Crippen LogP contribution in [0.3, 0.4) is 0 Å². The molecule has 0 spiro atoms. The van der Waals surface area contributed by atoms with E-state index in [9.17, 15) is 0 Å². The van der Waals surface area contributed by atoms with Gasteiger partial charge in [-0.05, 0) is 21.0 Å². The van der Waals surface area contributed by atoms with Gasteiger partial charge in [-0.3, -0.25) is 4.90 Å². The molecule has 3 nitrogen and oxygen atoms in total. The number of hydrogen-bond donors (Lipinski definition) is 2. The molecule has 3 heteroatoms. The fourth-order valence-electron chi connectivity index (χ4n) is 1.23. The lowest BCUT2D eigenvalue weighted by atomic mass is 10.4. The van der Waals surface area contributed by atoms with Crippen LogP contribution in [0.25, 0.3) is 0 Å². The molecular weight excluding hydrogens is 138 g/mol. The van der Waals surface area contributed by atoms with Crippen molar-refractivity contribution >= 4 is 0 Å². The summed E-state index contributed by atoms with van der Waals surface area (Å²) >= 11 is 0. The predicted octanol–water partition coefficient (Wildman–Crippen LogP) is -1.24. The second-order valence-corrected chi connectivity index (χ2v) is 3.19. The Balaban J connectivity index is 3.81. The Morgan fingerprint density at radius 3 is 2.27 bits per heavy atom. The normalized spacial score (nSPS) is 16.9. The molecule has 0 aromatic heterocycles. The van der Waals surface area contributed by atoms with Crippen LogP contribution in [0.2, 0.25) is 0 Å². The molecule has 2 unspecified atom stereocenters. The van der Waals surface area contributed by atoms with Crippen molar-refractivity contribution in [3.05, 3.63) is 0 Å². The zero-order valence-electron chi connectivity index (χ0n) is 8.22. The lowest BCUT2D eigenvalue weighted by molar-refractivity contribution is -0.931. The Labute approximate surface area is 70.2 Å². The van der Waals surface area contributed by atoms with Crippen molar-refractivity contribution in [2.75, 3.05) is 33.7 Å². The minimum Gasteiger partial charge on any atom is -0.326 e. The van der Waals surface area contributed by atoms with Gasteiger partial charge in [0, 0.05) is 13.5 Å². The average Bonchev–Trinajstić information content (AvgIpc) is 1.98. The van der Waals surface area contributed by atoms with Gasteiger partial charge in [-0.25, -0.2) is 0 Å². The van der Waals surface area contributed by atoms with Crippen LogP contribution in [0.5, 0.6) is 0 Å². The van der Waals surface area contributed by atoms with Gasteiger partial charge >= 0.3 is 0 Å². The fourth-order valence-corrected chi connectivity index (χ4v) is 1.23. The van der Waals surface area contributed by atoms with Crippen molar-refractivity contribution in [2.45, 2.75) is 20.0 Å². The predicted molar refractivity (Wildman–Crippen MR) is 48.6 cm³/mol. The van der Waals surface area contributed by atoms with Crippen LogP contribution < -0.4 is 10.6 Å². The van der Waals surface area contributed by atoms with Gasteiger partial charge in [0.2, 0.25) is 0 Å². The average molecular weight is 160 g/mol. The minimum atomic E-state index is 0.573. The molecule has 11 heavy (non-hydrogen) atoms. The summed E-state index contributed by atoms with van der Waals surface area (Å²) in [7, 11) is 4.22. The highest BCUT2D eigenvalue weighted by atomic mass is 15.3. The molecule has 0 saturated heterocycles. The van der Waals surface area contributed by atoms with Crippen LogP contribution >= 0.6 is 0 Å². The van der Waals surface area contributed by atoms with Gasteiger partial charge < -0.3 is 10.6 Å². The third-order valence-corrected chi connectivity index (χ3v) is 2.28. The largest absolute Gasteiger partial charge is 0.326 e. The molecule has 0 aliphatic heterocycles. The first kappa shape index (κ1) is 10.9. The van der Waals surface area contributed by atoms with Crippen LogP contribution in [0.4, 0.5) is 0 Å². The van der Waals surface area contributed by atoms with E-state index < -0.39 is 0 Å². The van der Waals surface area contributed by atoms with Gasteiger partial charge in [0.05, 0.1) is 13.1 Å². The molecule has 0 aliphatic rings. The molecule has 0 aromatic rings. The van der Waals surface area contributed by atoms with Crippen molar-refractivity contribution in [3.63, 3.8) is 0 Å². The maximum absolute atomic E-state index is 5.50. The third-order valence-electron chi connectivity index (χ3n) is 2.28. The second kappa shape index (κ2) is 5.52. The second-order valence-electron chi connectivity index (χ2n) is 3.19. The van der Waals surface area contributed by atoms with Gasteiger partial charge in [-0.1, -0.05) is 0 Å². The van der Waals surface area contributed by atoms with Crippen molar-refractivity contribution < 1.29 is 4.90 Å². The standard InChI is InChI=1S/C8H21N3/c1-5-11(7-6-9)8(2)10(3)4/h8H,5-7,9H2,1-4H3/p+1. The quantitative estimate of drug-likeness (QED) is 0.493. The minimum absolute atomic E-state index is 0.573. The summed E-state index contributed by atoms with van der Waals surface area (Å²) in [5.41, 5.74) is 5.50. The van der Waals surface area contributed by atoms with Crippen molar-refractivity contribution in [3.8, 4) is 0 Å². The number of hydrogen-bond acceptors (Lipinski definition) is 2. The highest BCUT2D eigenvalue weighted by Crippen LogP contribution is 1.78. The third kappa shape index (κ3) is 3.70. The Bertz CT molecular complexity index is 93.3. The van der Waals surface area contributed by atoms with E-state index in [1.54, 1.807) is 4.90 Å². The first-order chi connectivity index (χ1) is 5.13. The zero-order valence-corrected chi connectivity index (χ0v) is 8.22. The van der Waals surface area contributed by atoms with E-state index in [1.165, 1.54) is 0 Å². The van der Waals surface area contributed by atoms with Crippen molar-refractivity contribution in [1.82, 2.24) is 4.90 Å². The Hall–Kier alpha value is -0.120. The molecule has 0 aromatic carbocycles. The van der Waals surface area contributed by atoms with E-state index in [-0.39, 0.29) is 0 Å². The van der Waals surface area contributed by atoms with Crippen LogP contribution in [0.15, 0.2) is 0 Å². The summed E-state index contributed by atoms with van der Waals surface area (Å²) in [4.78, 5) is 3.78. The monoisotopic (exact) mass is 160 g/mol. The number of nitrogens with zero attached hydrogens (tertiary/aromatic N) is 1. The molecule has 0 aliphatic carbocycles. The molecule has 0 bridgehead atoms. The van der Waals surface area contributed by atoms with Crippen molar-refractivity contribution in [2.24, 2.45) is 5.73 Å². The molecule has 0 radical (unpaired) electrons. The van der Waals surface area contributed by atoms with Gasteiger partial charge in [0.15, 0.2) is 0 Å². The summed E-state index contributed by atoms with van der Waals surface area (Å²) in [6.07, 6.45) is 0.573. The van der Waals surface area contributed by atoms with Crippen LogP contribution in [0, 0.1) is 0 Å². The number of nitrogens with two attached hydrogens (primary N) is 1. The van der Waals surface area contributed by atoms with E-state index in [1.807, 2.05) is 0 Å². The van der Waals surface area contributed by atoms with Crippen LogP contribution in [-0.2, 0) is 0 Å². The molecule has 3 N–H and O–H groups in total. The summed E-state index contributed by atoms with van der Waals surface area (Å²) in [5.74, 6) is 0. The van der Waals surface area contributed by atoms with E-state index >= 15 is 0 Å². The van der Waals surface area contributed by atoms with Crippen LogP contribution in [0.1, 0.15) is 13.8 Å². The van der Waals surface area contributed by atoms with Gasteiger partial charge in [0.1, 0.15) is 6.17 Å². The summed E-state index contributed by atoms with van der Waals surface area (Å²) in [6.45, 7) is 7.42. The van der Waals surface area contributed by atoms with Crippen LogP contribution in [-0.4, -0.2) is 44.8 Å². The first-order valence-corrected chi connectivity index (χ1v) is 4.34. The molecule has 0 heterocycles. The smallest absolute Gasteiger partial charge is 0.140 e. The molecule has 0 rings (SSSR count). The SMILES string of the molecule is CC[NH+](CCN)C(C)N(C)C. The zero-order chi connectivity index (χ0) is 8.85. The summed E-state index contributed by atoms with van der Waals surface area (Å²) < 4.78 is 0. The Morgan fingerprint density at radius 2 is 2.00 bits per heavy atom. The van der Waals surface area contributed by atoms with Gasteiger partial charge in [-0.15, -0.1) is 0 Å². The lowest BCUT2D eigenvalue weighted by Gasteiger charge is -2.28. The number of likely N-dealkylation sites (N-methyl/N-ethyl adjacent to an activating group) is 1. The summed E-state index contributed by atoms with van der Waals surface area (Å²) in [6, 6.07) is 0. The lowest BCUT2D eigenvalue weighted by Crippen LogP contribution is -3.17. The maximum Gasteiger partial charge on any atom is 0.140 e. The van der Waals surface area contributed by atoms with E-state index in [4.69, 9.17) is 5.73 Å². The number of nitrogens with one attached hydrogen (secondary N) is 1. The van der Waals surface area contributed by atoms with Gasteiger partial charge in [-0.2, -0.15) is 0 Å². The number of quaternary nitrogens is 1. The topological polar surface area (TPSA) is 33.7 Å². The highest BCUT2D eigenvalue weighted by molar-refractivity contribution is 4.42. The van der Waals surface area contributed by atoms with E-state index in [2.05, 4.69) is 32.8 Å². The first-order valence-electron chi connectivity index (χ1n) is 4.34. The molecule has 0 amide bonds. The summed E-state index contributed by atoms with van der Waals surface area (Å²) in [5, 5.41) is 0. The van der Waals surface area contributed by atoms with Crippen molar-refractivity contribution in [1.29, 1.82) is 0 Å².